The second-order valence-corrected chi connectivity index (χ2v) is 6.59. The predicted octanol–water partition coefficient (Wildman–Crippen LogP) is 2.69. The van der Waals surface area contributed by atoms with Gasteiger partial charge in [0.25, 0.3) is 5.91 Å². The minimum atomic E-state index is -4.83. The normalized spacial score (nSPS) is 14.7. The molecule has 29 heavy (non-hydrogen) atoms. The predicted molar refractivity (Wildman–Crippen MR) is 100 cm³/mol. The number of anilines is 1. The van der Waals surface area contributed by atoms with Gasteiger partial charge in [0.05, 0.1) is 12.2 Å². The number of carbonyl (C=O) groups is 1. The van der Waals surface area contributed by atoms with Crippen molar-refractivity contribution in [3.63, 3.8) is 0 Å². The topological polar surface area (TPSA) is 97.7 Å². The lowest BCUT2D eigenvalue weighted by Crippen LogP contribution is -2.44. The van der Waals surface area contributed by atoms with Crippen molar-refractivity contribution in [2.24, 2.45) is 11.6 Å². The van der Waals surface area contributed by atoms with Gasteiger partial charge in [-0.2, -0.15) is 0 Å². The van der Waals surface area contributed by atoms with E-state index < -0.39 is 18.0 Å². The lowest BCUT2D eigenvalue weighted by Gasteiger charge is -2.33. The molecule has 0 bridgehead atoms. The lowest BCUT2D eigenvalue weighted by atomic mass is 10.1. The van der Waals surface area contributed by atoms with Gasteiger partial charge in [-0.15, -0.1) is 13.2 Å². The molecule has 0 aliphatic carbocycles. The van der Waals surface area contributed by atoms with Crippen LogP contribution in [0.15, 0.2) is 54.0 Å². The van der Waals surface area contributed by atoms with E-state index in [0.29, 0.717) is 30.2 Å². The van der Waals surface area contributed by atoms with Crippen LogP contribution in [0.25, 0.3) is 0 Å². The number of nitrogens with two attached hydrogens (primary N) is 2. The summed E-state index contributed by atoms with van der Waals surface area (Å²) in [4.78, 5) is 18.4. The Hall–Kier alpha value is -3.27. The summed E-state index contributed by atoms with van der Waals surface area (Å²) in [6.07, 6.45) is -2.82. The molecule has 1 amide bonds. The molecule has 2 heterocycles. The highest BCUT2D eigenvalue weighted by Gasteiger charge is 2.31. The molecule has 4 N–H and O–H groups in total. The lowest BCUT2D eigenvalue weighted by molar-refractivity contribution is -0.274. The van der Waals surface area contributed by atoms with Crippen LogP contribution >= 0.6 is 0 Å². The summed E-state index contributed by atoms with van der Waals surface area (Å²) < 4.78 is 41.1. The van der Waals surface area contributed by atoms with Gasteiger partial charge in [-0.3, -0.25) is 9.80 Å². The Morgan fingerprint density at radius 1 is 1.28 bits per heavy atom. The summed E-state index contributed by atoms with van der Waals surface area (Å²) in [7, 11) is 0. The average Bonchev–Trinajstić information content (AvgIpc) is 2.65. The summed E-state index contributed by atoms with van der Waals surface area (Å²) in [5, 5.41) is 1.39. The van der Waals surface area contributed by atoms with E-state index >= 15 is 0 Å². The number of aryl methyl sites for hydroxylation is 1. The molecule has 1 aromatic carbocycles. The zero-order valence-electron chi connectivity index (χ0n) is 15.6. The first-order valence-corrected chi connectivity index (χ1v) is 8.74. The van der Waals surface area contributed by atoms with Crippen molar-refractivity contribution in [1.82, 2.24) is 9.88 Å². The Morgan fingerprint density at radius 3 is 2.69 bits per heavy atom. The highest BCUT2D eigenvalue weighted by molar-refractivity contribution is 5.95. The highest BCUT2D eigenvalue weighted by Crippen LogP contribution is 2.26. The molecular formula is C19H20F3N5O2. The van der Waals surface area contributed by atoms with Gasteiger partial charge < -0.3 is 15.4 Å². The number of halogens is 3. The zero-order chi connectivity index (χ0) is 21.2. The molecule has 0 spiro atoms. The average molecular weight is 407 g/mol. The number of alkyl halides is 3. The van der Waals surface area contributed by atoms with Gasteiger partial charge in [0.15, 0.2) is 0 Å². The molecule has 7 nitrogen and oxygen atoms in total. The van der Waals surface area contributed by atoms with Crippen LogP contribution in [-0.2, 0) is 0 Å². The van der Waals surface area contributed by atoms with Crippen LogP contribution in [0.4, 0.5) is 19.0 Å². The highest BCUT2D eigenvalue weighted by atomic mass is 19.4. The number of hydrogen-bond donors (Lipinski definition) is 2. The quantitative estimate of drug-likeness (QED) is 0.597. The van der Waals surface area contributed by atoms with Gasteiger partial charge in [0.1, 0.15) is 11.6 Å². The summed E-state index contributed by atoms with van der Waals surface area (Å²) in [6, 6.07) is 8.59. The smallest absolute Gasteiger partial charge is 0.406 e. The number of aromatic nitrogens is 1. The fourth-order valence-corrected chi connectivity index (χ4v) is 3.02. The fraction of sp³-hybridized carbons (Fsp3) is 0.263. The largest absolute Gasteiger partial charge is 0.573 e. The molecule has 2 aromatic rings. The molecule has 154 valence electrons. The minimum Gasteiger partial charge on any atom is -0.406 e. The third-order valence-electron chi connectivity index (χ3n) is 4.39. The van der Waals surface area contributed by atoms with Gasteiger partial charge in [-0.1, -0.05) is 6.07 Å². The molecular weight excluding hydrogens is 387 g/mol. The number of rotatable bonds is 4. The van der Waals surface area contributed by atoms with Crippen LogP contribution in [0, 0.1) is 6.92 Å². The Morgan fingerprint density at radius 2 is 2.03 bits per heavy atom. The van der Waals surface area contributed by atoms with Gasteiger partial charge in [0.2, 0.25) is 0 Å². The van der Waals surface area contributed by atoms with Gasteiger partial charge in [-0.05, 0) is 42.8 Å². The number of hydrazine groups is 1. The second-order valence-electron chi connectivity index (χ2n) is 6.59. The molecule has 0 fully saturated rings. The summed E-state index contributed by atoms with van der Waals surface area (Å²) in [5.41, 5.74) is 8.23. The number of carbonyl (C=O) groups excluding carboxylic acids is 1. The van der Waals surface area contributed by atoms with Crippen LogP contribution in [0.5, 0.6) is 5.75 Å². The van der Waals surface area contributed by atoms with Gasteiger partial charge in [-0.25, -0.2) is 10.8 Å². The fourth-order valence-electron chi connectivity index (χ4n) is 3.02. The minimum absolute atomic E-state index is 0.0768. The molecule has 10 heteroatoms. The van der Waals surface area contributed by atoms with Crippen molar-refractivity contribution in [3.05, 3.63) is 65.1 Å². The first-order chi connectivity index (χ1) is 13.6. The maximum atomic E-state index is 12.7. The Balaban J connectivity index is 1.75. The summed E-state index contributed by atoms with van der Waals surface area (Å²) >= 11 is 0. The maximum Gasteiger partial charge on any atom is 0.573 e. The van der Waals surface area contributed by atoms with E-state index in [0.717, 1.165) is 17.7 Å². The van der Waals surface area contributed by atoms with Crippen LogP contribution < -0.4 is 21.3 Å². The van der Waals surface area contributed by atoms with E-state index in [2.05, 4.69) is 9.72 Å². The number of ether oxygens (including phenoxy) is 1. The second kappa shape index (κ2) is 8.00. The molecule has 0 unspecified atom stereocenters. The number of benzene rings is 1. The molecule has 0 saturated carbocycles. The van der Waals surface area contributed by atoms with Crippen molar-refractivity contribution >= 4 is 11.7 Å². The third kappa shape index (κ3) is 4.96. The van der Waals surface area contributed by atoms with Crippen LogP contribution in [0.1, 0.15) is 22.3 Å². The molecule has 0 radical (unpaired) electrons. The van der Waals surface area contributed by atoms with Crippen molar-refractivity contribution in [2.75, 3.05) is 18.1 Å². The standard InChI is InChI=1S/C19H20F3N5O2/c1-12-5-7-25-17(9-12)27(24)16-6-8-26(11-15(16)23)18(28)13-3-2-4-14(10-13)29-19(20,21)22/h2-5,7,9-10H,6,8,11,23-24H2,1H3. The Kier molecular flexibility index (Phi) is 5.64. The van der Waals surface area contributed by atoms with Crippen molar-refractivity contribution < 1.29 is 22.7 Å². The zero-order valence-corrected chi connectivity index (χ0v) is 15.6. The maximum absolute atomic E-state index is 12.7. The Labute approximate surface area is 165 Å². The number of nitrogens with zero attached hydrogens (tertiary/aromatic N) is 3. The number of pyridine rings is 1. The van der Waals surface area contributed by atoms with Crippen LogP contribution in [0.2, 0.25) is 0 Å². The number of amides is 1. The Bertz CT molecular complexity index is 945. The van der Waals surface area contributed by atoms with E-state index in [9.17, 15) is 18.0 Å². The van der Waals surface area contributed by atoms with Crippen LogP contribution in [-0.4, -0.2) is 35.2 Å². The van der Waals surface area contributed by atoms with E-state index in [4.69, 9.17) is 11.6 Å². The SMILES string of the molecule is Cc1ccnc(N(N)C2=C(N)CN(C(=O)c3cccc(OC(F)(F)F)c3)CC2)c1. The van der Waals surface area contributed by atoms with Crippen molar-refractivity contribution in [1.29, 1.82) is 0 Å². The third-order valence-corrected chi connectivity index (χ3v) is 4.39. The molecule has 1 aliphatic heterocycles. The summed E-state index contributed by atoms with van der Waals surface area (Å²) in [5.74, 6) is 5.77. The number of hydrogen-bond acceptors (Lipinski definition) is 6. The van der Waals surface area contributed by atoms with E-state index in [1.54, 1.807) is 6.20 Å². The van der Waals surface area contributed by atoms with Gasteiger partial charge in [0, 0.05) is 30.4 Å². The van der Waals surface area contributed by atoms with Crippen LogP contribution in [0.3, 0.4) is 0 Å². The monoisotopic (exact) mass is 407 g/mol. The van der Waals surface area contributed by atoms with Crippen molar-refractivity contribution in [2.45, 2.75) is 19.7 Å². The molecule has 0 saturated heterocycles. The summed E-state index contributed by atoms with van der Waals surface area (Å²) in [6.45, 7) is 2.31. The van der Waals surface area contributed by atoms with Crippen molar-refractivity contribution in [3.8, 4) is 5.75 Å². The van der Waals surface area contributed by atoms with E-state index in [1.165, 1.54) is 22.0 Å². The first kappa shape index (κ1) is 20.5. The molecule has 0 atom stereocenters. The van der Waals surface area contributed by atoms with Gasteiger partial charge >= 0.3 is 6.36 Å². The van der Waals surface area contributed by atoms with E-state index in [-0.39, 0.29) is 12.1 Å². The molecule has 1 aromatic heterocycles. The molecule has 3 rings (SSSR count). The first-order valence-electron chi connectivity index (χ1n) is 8.74. The van der Waals surface area contributed by atoms with E-state index in [1.807, 2.05) is 19.1 Å². The molecule has 1 aliphatic rings.